The summed E-state index contributed by atoms with van der Waals surface area (Å²) >= 11 is 0. The van der Waals surface area contributed by atoms with Crippen LogP contribution in [0.2, 0.25) is 0 Å². The highest BCUT2D eigenvalue weighted by Gasteiger charge is 2.38. The molecule has 1 N–H and O–H groups in total. The molecule has 0 amide bonds. The lowest BCUT2D eigenvalue weighted by Gasteiger charge is -2.29. The fourth-order valence-corrected chi connectivity index (χ4v) is 3.65. The first-order valence-electron chi connectivity index (χ1n) is 12.5. The summed E-state index contributed by atoms with van der Waals surface area (Å²) < 4.78 is 15.4. The smallest absolute Gasteiger partial charge is 0.350 e. The van der Waals surface area contributed by atoms with E-state index in [4.69, 9.17) is 14.2 Å². The Balaban J connectivity index is 1.61. The van der Waals surface area contributed by atoms with Crippen LogP contribution in [0, 0.1) is 0 Å². The van der Waals surface area contributed by atoms with Crippen molar-refractivity contribution in [1.82, 2.24) is 0 Å². The minimum atomic E-state index is -1.28. The minimum absolute atomic E-state index is 0.227. The number of nitrogens with one attached hydrogen (secondary N) is 1. The second-order valence-corrected chi connectivity index (χ2v) is 9.13. The van der Waals surface area contributed by atoms with E-state index in [2.05, 4.69) is 12.2 Å². The monoisotopic (exact) mass is 473 g/mol. The molecule has 188 valence electrons. The molecule has 1 aliphatic heterocycles. The van der Waals surface area contributed by atoms with Crippen molar-refractivity contribution in [3.8, 4) is 0 Å². The van der Waals surface area contributed by atoms with Crippen LogP contribution in [0.15, 0.2) is 36.0 Å². The molecule has 1 saturated heterocycles. The first-order chi connectivity index (χ1) is 16.3. The van der Waals surface area contributed by atoms with Crippen LogP contribution in [-0.2, 0) is 23.8 Å². The van der Waals surface area contributed by atoms with Gasteiger partial charge in [-0.3, -0.25) is 0 Å². The number of esters is 3. The van der Waals surface area contributed by atoms with Crippen molar-refractivity contribution in [2.45, 2.75) is 97.2 Å². The first-order valence-corrected chi connectivity index (χ1v) is 12.5. The summed E-state index contributed by atoms with van der Waals surface area (Å²) in [5, 5.41) is 2.85. The van der Waals surface area contributed by atoms with E-state index in [0.717, 1.165) is 12.8 Å². The zero-order valence-corrected chi connectivity index (χ0v) is 20.8. The van der Waals surface area contributed by atoms with E-state index in [1.54, 1.807) is 24.3 Å². The molecule has 0 saturated carbocycles. The maximum absolute atomic E-state index is 12.2. The van der Waals surface area contributed by atoms with Gasteiger partial charge in [0, 0.05) is 25.7 Å². The predicted molar refractivity (Wildman–Crippen MR) is 131 cm³/mol. The second kappa shape index (κ2) is 14.4. The fourth-order valence-electron chi connectivity index (χ4n) is 3.65. The Morgan fingerprint density at radius 3 is 1.88 bits per heavy atom. The predicted octanol–water partition coefficient (Wildman–Crippen LogP) is 6.29. The van der Waals surface area contributed by atoms with Gasteiger partial charge in [-0.1, -0.05) is 71.1 Å². The van der Waals surface area contributed by atoms with Gasteiger partial charge in [-0.2, -0.15) is 0 Å². The highest BCUT2D eigenvalue weighted by molar-refractivity contribution is 6.15. The van der Waals surface area contributed by atoms with Crippen LogP contribution in [0.5, 0.6) is 0 Å². The topological polar surface area (TPSA) is 90.9 Å². The molecule has 0 aliphatic carbocycles. The summed E-state index contributed by atoms with van der Waals surface area (Å²) in [5.41, 5.74) is 0.814. The largest absolute Gasteiger partial charge is 0.462 e. The minimum Gasteiger partial charge on any atom is -0.462 e. The molecule has 2 rings (SSSR count). The second-order valence-electron chi connectivity index (χ2n) is 9.13. The van der Waals surface area contributed by atoms with Gasteiger partial charge in [-0.05, 0) is 30.7 Å². The van der Waals surface area contributed by atoms with Crippen molar-refractivity contribution in [2.24, 2.45) is 0 Å². The molecule has 0 bridgehead atoms. The molecule has 7 nitrogen and oxygen atoms in total. The summed E-state index contributed by atoms with van der Waals surface area (Å²) in [6.45, 7) is 5.64. The molecule has 1 aromatic rings. The summed E-state index contributed by atoms with van der Waals surface area (Å²) in [5.74, 6) is -3.15. The van der Waals surface area contributed by atoms with Crippen LogP contribution in [-0.4, -0.2) is 30.3 Å². The first kappa shape index (κ1) is 27.4. The number of hydrogen-bond donors (Lipinski definition) is 1. The summed E-state index contributed by atoms with van der Waals surface area (Å²) in [6, 6.07) is 6.59. The number of carbonyl (C=O) groups is 3. The van der Waals surface area contributed by atoms with Crippen LogP contribution in [0.25, 0.3) is 0 Å². The molecular formula is C27H39NO6. The van der Waals surface area contributed by atoms with Crippen molar-refractivity contribution in [2.75, 3.05) is 11.9 Å². The maximum Gasteiger partial charge on any atom is 0.350 e. The van der Waals surface area contributed by atoms with Gasteiger partial charge in [0.25, 0.3) is 5.79 Å². The normalized spacial score (nSPS) is 14.9. The summed E-state index contributed by atoms with van der Waals surface area (Å²) in [7, 11) is 0. The van der Waals surface area contributed by atoms with Crippen LogP contribution >= 0.6 is 0 Å². The van der Waals surface area contributed by atoms with Gasteiger partial charge < -0.3 is 19.5 Å². The number of hydrogen-bond acceptors (Lipinski definition) is 7. The highest BCUT2D eigenvalue weighted by atomic mass is 16.7. The summed E-state index contributed by atoms with van der Waals surface area (Å²) in [4.78, 5) is 36.1. The number of carbonyl (C=O) groups excluding carboxylic acids is 3. The summed E-state index contributed by atoms with van der Waals surface area (Å²) in [6.07, 6.45) is 15.0. The maximum atomic E-state index is 12.2. The Hall–Kier alpha value is -2.83. The van der Waals surface area contributed by atoms with E-state index in [0.29, 0.717) is 17.9 Å². The third-order valence-corrected chi connectivity index (χ3v) is 5.60. The molecule has 0 unspecified atom stereocenters. The molecule has 1 fully saturated rings. The van der Waals surface area contributed by atoms with Gasteiger partial charge in [0.2, 0.25) is 0 Å². The average molecular weight is 474 g/mol. The van der Waals surface area contributed by atoms with Gasteiger partial charge >= 0.3 is 17.9 Å². The van der Waals surface area contributed by atoms with Crippen molar-refractivity contribution in [3.05, 3.63) is 41.6 Å². The van der Waals surface area contributed by atoms with E-state index >= 15 is 0 Å². The number of benzene rings is 1. The zero-order chi connectivity index (χ0) is 24.8. The van der Waals surface area contributed by atoms with Gasteiger partial charge in [-0.25, -0.2) is 14.4 Å². The molecule has 34 heavy (non-hydrogen) atoms. The number of rotatable bonds is 15. The van der Waals surface area contributed by atoms with Gasteiger partial charge in [-0.15, -0.1) is 0 Å². The van der Waals surface area contributed by atoms with Crippen molar-refractivity contribution < 1.29 is 28.6 Å². The molecule has 7 heteroatoms. The molecule has 0 atom stereocenters. The fraction of sp³-hybridized carbons (Fsp3) is 0.593. The Morgan fingerprint density at radius 1 is 0.853 bits per heavy atom. The Bertz CT molecular complexity index is 806. The highest BCUT2D eigenvalue weighted by Crippen LogP contribution is 2.23. The van der Waals surface area contributed by atoms with E-state index in [9.17, 15) is 14.4 Å². The van der Waals surface area contributed by atoms with Crippen molar-refractivity contribution in [3.63, 3.8) is 0 Å². The molecule has 0 spiro atoms. The number of unbranched alkanes of at least 4 members (excludes halogenated alkanes) is 10. The van der Waals surface area contributed by atoms with Crippen LogP contribution < -0.4 is 5.32 Å². The van der Waals surface area contributed by atoms with Crippen molar-refractivity contribution in [1.29, 1.82) is 0 Å². The lowest BCUT2D eigenvalue weighted by molar-refractivity contribution is -0.222. The third kappa shape index (κ3) is 9.98. The quantitative estimate of drug-likeness (QED) is 0.139. The van der Waals surface area contributed by atoms with Gasteiger partial charge in [0.1, 0.15) is 0 Å². The molecular weight excluding hydrogens is 434 g/mol. The van der Waals surface area contributed by atoms with Crippen LogP contribution in [0.3, 0.4) is 0 Å². The SMILES string of the molecule is CCCCCCCCCCCCCOC(=O)c1ccc(NC=C2C(=O)OC(C)(C)OC2=O)cc1. The zero-order valence-electron chi connectivity index (χ0n) is 20.8. The van der Waals surface area contributed by atoms with E-state index in [1.807, 2.05) is 0 Å². The van der Waals surface area contributed by atoms with E-state index in [-0.39, 0.29) is 11.5 Å². The molecule has 0 radical (unpaired) electrons. The Labute approximate surface area is 203 Å². The van der Waals surface area contributed by atoms with E-state index < -0.39 is 17.7 Å². The lowest BCUT2D eigenvalue weighted by atomic mass is 10.1. The number of cyclic esters (lactones) is 2. The Morgan fingerprint density at radius 2 is 1.35 bits per heavy atom. The van der Waals surface area contributed by atoms with Crippen LogP contribution in [0.4, 0.5) is 5.69 Å². The van der Waals surface area contributed by atoms with Crippen molar-refractivity contribution >= 4 is 23.6 Å². The third-order valence-electron chi connectivity index (χ3n) is 5.60. The molecule has 1 heterocycles. The Kier molecular flexibility index (Phi) is 11.6. The lowest BCUT2D eigenvalue weighted by Crippen LogP contribution is -2.42. The van der Waals surface area contributed by atoms with Gasteiger partial charge in [0.05, 0.1) is 12.2 Å². The number of ether oxygens (including phenoxy) is 3. The number of anilines is 1. The average Bonchev–Trinajstić information content (AvgIpc) is 2.78. The molecule has 1 aliphatic rings. The van der Waals surface area contributed by atoms with E-state index in [1.165, 1.54) is 77.8 Å². The molecule has 0 aromatic heterocycles. The molecule has 1 aromatic carbocycles. The van der Waals surface area contributed by atoms with Gasteiger partial charge in [0.15, 0.2) is 5.57 Å². The van der Waals surface area contributed by atoms with Crippen LogP contribution in [0.1, 0.15) is 102 Å². The standard InChI is InChI=1S/C27H39NO6/c1-4-5-6-7-8-9-10-11-12-13-14-19-32-24(29)21-15-17-22(18-16-21)28-20-23-25(30)33-27(2,3)34-26(23)31/h15-18,20,28H,4-14,19H2,1-3H3.